The summed E-state index contributed by atoms with van der Waals surface area (Å²) >= 11 is 0. The van der Waals surface area contributed by atoms with E-state index in [1.165, 1.54) is 10.6 Å². The molecular weight excluding hydrogens is 240 g/mol. The van der Waals surface area contributed by atoms with Crippen LogP contribution < -0.4 is 5.56 Å². The highest BCUT2D eigenvalue weighted by atomic mass is 16.1. The van der Waals surface area contributed by atoms with Gasteiger partial charge in [-0.25, -0.2) is 0 Å². The maximum absolute atomic E-state index is 12.5. The predicted octanol–water partition coefficient (Wildman–Crippen LogP) is 1.93. The van der Waals surface area contributed by atoms with Gasteiger partial charge >= 0.3 is 0 Å². The van der Waals surface area contributed by atoms with Gasteiger partial charge in [-0.1, -0.05) is 18.2 Å². The Hall–Kier alpha value is -2.75. The lowest BCUT2D eigenvalue weighted by Crippen LogP contribution is -2.19. The highest BCUT2D eigenvalue weighted by Gasteiger charge is 2.29. The van der Waals surface area contributed by atoms with E-state index < -0.39 is 0 Å². The molecule has 1 aliphatic rings. The van der Waals surface area contributed by atoms with Gasteiger partial charge in [0.1, 0.15) is 5.69 Å². The Morgan fingerprint density at radius 2 is 1.84 bits per heavy atom. The van der Waals surface area contributed by atoms with Gasteiger partial charge in [0.15, 0.2) is 0 Å². The van der Waals surface area contributed by atoms with E-state index in [9.17, 15) is 9.59 Å². The van der Waals surface area contributed by atoms with Crippen molar-refractivity contribution in [3.05, 3.63) is 70.3 Å². The van der Waals surface area contributed by atoms with Gasteiger partial charge in [0.2, 0.25) is 5.78 Å². The number of hydrogen-bond acceptors (Lipinski definition) is 3. The van der Waals surface area contributed by atoms with Crippen molar-refractivity contribution in [3.63, 3.8) is 0 Å². The summed E-state index contributed by atoms with van der Waals surface area (Å²) in [6.45, 7) is 0. The summed E-state index contributed by atoms with van der Waals surface area (Å²) in [5, 5.41) is 0.694. The van der Waals surface area contributed by atoms with E-state index in [1.54, 1.807) is 36.5 Å². The van der Waals surface area contributed by atoms with E-state index in [0.717, 1.165) is 0 Å². The Morgan fingerprint density at radius 3 is 2.74 bits per heavy atom. The lowest BCUT2D eigenvalue weighted by Gasteiger charge is -2.05. The van der Waals surface area contributed by atoms with Crippen molar-refractivity contribution < 1.29 is 4.79 Å². The first-order chi connectivity index (χ1) is 9.27. The predicted molar refractivity (Wildman–Crippen MR) is 70.8 cm³/mol. The molecular formula is C15H8N2O2. The molecule has 0 N–H and O–H groups in total. The van der Waals surface area contributed by atoms with E-state index in [4.69, 9.17) is 0 Å². The highest BCUT2D eigenvalue weighted by molar-refractivity contribution is 6.19. The number of aromatic nitrogens is 2. The number of benzene rings is 1. The zero-order valence-corrected chi connectivity index (χ0v) is 9.83. The SMILES string of the molecule is O=C1c2ccccc2-n2c1c1ncccc1cc2=O. The number of hydrogen-bond donors (Lipinski definition) is 0. The zero-order chi connectivity index (χ0) is 13.0. The fraction of sp³-hybridized carbons (Fsp3) is 0. The summed E-state index contributed by atoms with van der Waals surface area (Å²) in [6.07, 6.45) is 1.63. The van der Waals surface area contributed by atoms with E-state index in [-0.39, 0.29) is 11.3 Å². The average Bonchev–Trinajstić information content (AvgIpc) is 2.74. The molecule has 0 radical (unpaired) electrons. The van der Waals surface area contributed by atoms with E-state index in [2.05, 4.69) is 4.98 Å². The lowest BCUT2D eigenvalue weighted by atomic mass is 10.1. The summed E-state index contributed by atoms with van der Waals surface area (Å²) in [4.78, 5) is 28.9. The first-order valence-electron chi connectivity index (χ1n) is 5.92. The van der Waals surface area contributed by atoms with Crippen molar-refractivity contribution in [1.29, 1.82) is 0 Å². The molecule has 4 rings (SSSR count). The molecule has 0 fully saturated rings. The van der Waals surface area contributed by atoms with Crippen molar-refractivity contribution in [3.8, 4) is 5.69 Å². The minimum atomic E-state index is -0.200. The number of nitrogens with zero attached hydrogens (tertiary/aromatic N) is 2. The van der Waals surface area contributed by atoms with Crippen molar-refractivity contribution >= 4 is 16.7 Å². The van der Waals surface area contributed by atoms with E-state index in [1.807, 2.05) is 6.07 Å². The lowest BCUT2D eigenvalue weighted by molar-refractivity contribution is 0.104. The van der Waals surface area contributed by atoms with Crippen LogP contribution in [0, 0.1) is 0 Å². The molecule has 0 bridgehead atoms. The third kappa shape index (κ3) is 1.20. The van der Waals surface area contributed by atoms with Crippen LogP contribution in [0.3, 0.4) is 0 Å². The third-order valence-corrected chi connectivity index (χ3v) is 3.39. The second kappa shape index (κ2) is 3.38. The van der Waals surface area contributed by atoms with Crippen molar-refractivity contribution in [2.24, 2.45) is 0 Å². The van der Waals surface area contributed by atoms with Gasteiger partial charge < -0.3 is 0 Å². The maximum Gasteiger partial charge on any atom is 0.256 e. The van der Waals surface area contributed by atoms with Crippen LogP contribution in [0.4, 0.5) is 0 Å². The molecule has 0 unspecified atom stereocenters. The fourth-order valence-electron chi connectivity index (χ4n) is 2.58. The summed E-state index contributed by atoms with van der Waals surface area (Å²) < 4.78 is 1.45. The molecule has 3 aromatic rings. The van der Waals surface area contributed by atoms with Crippen LogP contribution in [0.5, 0.6) is 0 Å². The van der Waals surface area contributed by atoms with Crippen molar-refractivity contribution in [2.45, 2.75) is 0 Å². The van der Waals surface area contributed by atoms with E-state index >= 15 is 0 Å². The highest BCUT2D eigenvalue weighted by Crippen LogP contribution is 2.29. The summed E-state index contributed by atoms with van der Waals surface area (Å²) in [6, 6.07) is 12.2. The molecule has 0 atom stereocenters. The maximum atomic E-state index is 12.5. The number of fused-ring (bicyclic) bond motifs is 5. The molecule has 0 saturated heterocycles. The summed E-state index contributed by atoms with van der Waals surface area (Å²) in [5.74, 6) is -0.142. The van der Waals surface area contributed by atoms with Gasteiger partial charge in [-0.05, 0) is 18.2 Å². The third-order valence-electron chi connectivity index (χ3n) is 3.39. The minimum Gasteiger partial charge on any atom is -0.287 e. The van der Waals surface area contributed by atoms with Crippen molar-refractivity contribution in [1.82, 2.24) is 9.55 Å². The second-order valence-corrected chi connectivity index (χ2v) is 4.45. The molecule has 19 heavy (non-hydrogen) atoms. The topological polar surface area (TPSA) is 52.0 Å². The molecule has 0 amide bonds. The molecule has 3 heterocycles. The smallest absolute Gasteiger partial charge is 0.256 e. The molecule has 0 saturated carbocycles. The van der Waals surface area contributed by atoms with Crippen LogP contribution in [0.25, 0.3) is 16.6 Å². The van der Waals surface area contributed by atoms with Crippen LogP contribution >= 0.6 is 0 Å². The molecule has 0 aliphatic carbocycles. The number of carbonyl (C=O) groups is 1. The Balaban J connectivity index is 2.27. The zero-order valence-electron chi connectivity index (χ0n) is 9.83. The molecule has 4 nitrogen and oxygen atoms in total. The molecule has 4 heteroatoms. The van der Waals surface area contributed by atoms with Crippen LogP contribution in [0.2, 0.25) is 0 Å². The number of carbonyl (C=O) groups excluding carboxylic acids is 1. The Labute approximate surface area is 108 Å². The van der Waals surface area contributed by atoms with Crippen LogP contribution in [0.1, 0.15) is 16.1 Å². The van der Waals surface area contributed by atoms with Crippen LogP contribution in [-0.2, 0) is 0 Å². The largest absolute Gasteiger partial charge is 0.287 e. The van der Waals surface area contributed by atoms with E-state index in [0.29, 0.717) is 27.8 Å². The first kappa shape index (κ1) is 10.2. The molecule has 90 valence electrons. The molecule has 2 aromatic heterocycles. The fourth-order valence-corrected chi connectivity index (χ4v) is 2.58. The van der Waals surface area contributed by atoms with Crippen LogP contribution in [0.15, 0.2) is 53.5 Å². The van der Waals surface area contributed by atoms with Gasteiger partial charge in [0.25, 0.3) is 5.56 Å². The monoisotopic (exact) mass is 248 g/mol. The number of rotatable bonds is 0. The molecule has 1 aliphatic heterocycles. The standard InChI is InChI=1S/C15H8N2O2/c18-12-8-9-4-3-7-16-13(9)14-15(19)10-5-1-2-6-11(10)17(12)14/h1-8H. The first-order valence-corrected chi connectivity index (χ1v) is 5.92. The number of ketones is 1. The van der Waals surface area contributed by atoms with Gasteiger partial charge in [0, 0.05) is 23.2 Å². The van der Waals surface area contributed by atoms with Gasteiger partial charge in [-0.15, -0.1) is 0 Å². The minimum absolute atomic E-state index is 0.142. The Kier molecular flexibility index (Phi) is 1.82. The van der Waals surface area contributed by atoms with Crippen molar-refractivity contribution in [2.75, 3.05) is 0 Å². The van der Waals surface area contributed by atoms with Crippen LogP contribution in [-0.4, -0.2) is 15.3 Å². The van der Waals surface area contributed by atoms with Gasteiger partial charge in [-0.2, -0.15) is 0 Å². The summed E-state index contributed by atoms with van der Waals surface area (Å²) in [7, 11) is 0. The Morgan fingerprint density at radius 1 is 1.00 bits per heavy atom. The summed E-state index contributed by atoms with van der Waals surface area (Å²) in [5.41, 5.74) is 1.93. The normalized spacial score (nSPS) is 12.5. The Bertz CT molecular complexity index is 909. The average molecular weight is 248 g/mol. The number of pyridine rings is 2. The number of para-hydroxylation sites is 1. The van der Waals surface area contributed by atoms with Gasteiger partial charge in [0.05, 0.1) is 11.2 Å². The quantitative estimate of drug-likeness (QED) is 0.478. The van der Waals surface area contributed by atoms with Gasteiger partial charge in [-0.3, -0.25) is 19.1 Å². The molecule has 1 aromatic carbocycles. The second-order valence-electron chi connectivity index (χ2n) is 4.45. The molecule has 0 spiro atoms.